The molecule has 3 aromatic rings. The van der Waals surface area contributed by atoms with Gasteiger partial charge >= 0.3 is 0 Å². The van der Waals surface area contributed by atoms with Crippen molar-refractivity contribution in [2.45, 2.75) is 50.0 Å². The molecule has 1 fully saturated rings. The molecule has 0 unspecified atom stereocenters. The minimum atomic E-state index is -3.82. The third kappa shape index (κ3) is 5.83. The molecule has 1 aliphatic heterocycles. The second-order valence-corrected chi connectivity index (χ2v) is 11.6. The number of fused-ring (bicyclic) bond motifs is 1. The standard InChI is InChI=1S/C29H31N3O5S/c33-28(30-22-13-5-2-6-14-22)23-15-7-8-16-24(23)31-29(34)27-19-32(25-17-9-10-18-26(25)37-27)38(35,36)20-21-11-3-1-4-12-21/h1,3-4,7-12,15-18,22,27H,2,5-6,13-14,19-20H2,(H,30,33)(H,31,34)/t27-/m1/s1. The Labute approximate surface area is 223 Å². The molecule has 0 radical (unpaired) electrons. The first-order chi connectivity index (χ1) is 18.4. The van der Waals surface area contributed by atoms with Gasteiger partial charge in [0, 0.05) is 6.04 Å². The number of nitrogens with one attached hydrogen (secondary N) is 2. The average molecular weight is 534 g/mol. The van der Waals surface area contributed by atoms with Gasteiger partial charge in [-0.15, -0.1) is 0 Å². The van der Waals surface area contributed by atoms with E-state index in [1.54, 1.807) is 72.8 Å². The zero-order valence-electron chi connectivity index (χ0n) is 21.0. The lowest BCUT2D eigenvalue weighted by Crippen LogP contribution is -2.49. The number of para-hydroxylation sites is 3. The van der Waals surface area contributed by atoms with Gasteiger partial charge in [0.15, 0.2) is 6.10 Å². The Kier molecular flexibility index (Phi) is 7.64. The number of ether oxygens (including phenoxy) is 1. The van der Waals surface area contributed by atoms with Crippen LogP contribution in [0.1, 0.15) is 48.0 Å². The molecule has 1 aliphatic carbocycles. The number of amides is 2. The SMILES string of the molecule is O=C(NC1CCCCC1)c1ccccc1NC(=O)[C@H]1CN(S(=O)(=O)Cc2ccccc2)c2ccccc2O1. The number of benzene rings is 3. The van der Waals surface area contributed by atoms with Crippen LogP contribution >= 0.6 is 0 Å². The molecule has 198 valence electrons. The number of carbonyl (C=O) groups excluding carboxylic acids is 2. The second kappa shape index (κ2) is 11.3. The van der Waals surface area contributed by atoms with E-state index in [9.17, 15) is 18.0 Å². The summed E-state index contributed by atoms with van der Waals surface area (Å²) in [6.45, 7) is -0.186. The smallest absolute Gasteiger partial charge is 0.267 e. The van der Waals surface area contributed by atoms with Gasteiger partial charge < -0.3 is 15.4 Å². The van der Waals surface area contributed by atoms with E-state index in [1.165, 1.54) is 10.7 Å². The maximum absolute atomic E-state index is 13.5. The fraction of sp³-hybridized carbons (Fsp3) is 0.310. The summed E-state index contributed by atoms with van der Waals surface area (Å²) in [6.07, 6.45) is 4.15. The molecule has 2 aliphatic rings. The van der Waals surface area contributed by atoms with Crippen LogP contribution in [0.3, 0.4) is 0 Å². The molecule has 2 N–H and O–H groups in total. The van der Waals surface area contributed by atoms with Crippen molar-refractivity contribution in [1.82, 2.24) is 5.32 Å². The van der Waals surface area contributed by atoms with Crippen LogP contribution in [0.2, 0.25) is 0 Å². The third-order valence-electron chi connectivity index (χ3n) is 6.92. The highest BCUT2D eigenvalue weighted by Crippen LogP contribution is 2.36. The molecule has 3 aromatic carbocycles. The van der Waals surface area contributed by atoms with E-state index in [1.807, 2.05) is 6.07 Å². The summed E-state index contributed by atoms with van der Waals surface area (Å²) in [6, 6.07) is 22.6. The Balaban J connectivity index is 1.35. The summed E-state index contributed by atoms with van der Waals surface area (Å²) >= 11 is 0. The largest absolute Gasteiger partial charge is 0.476 e. The van der Waals surface area contributed by atoms with Gasteiger partial charge in [0.2, 0.25) is 10.0 Å². The third-order valence-corrected chi connectivity index (χ3v) is 8.64. The van der Waals surface area contributed by atoms with Crippen LogP contribution in [0, 0.1) is 0 Å². The van der Waals surface area contributed by atoms with Crippen molar-refractivity contribution in [3.63, 3.8) is 0 Å². The Morgan fingerprint density at radius 3 is 2.34 bits per heavy atom. The van der Waals surface area contributed by atoms with E-state index in [0.29, 0.717) is 28.3 Å². The topological polar surface area (TPSA) is 105 Å². The van der Waals surface area contributed by atoms with Crippen molar-refractivity contribution >= 4 is 33.2 Å². The number of carbonyl (C=O) groups is 2. The normalized spacial score (nSPS) is 17.7. The van der Waals surface area contributed by atoms with Crippen molar-refractivity contribution < 1.29 is 22.7 Å². The van der Waals surface area contributed by atoms with E-state index in [2.05, 4.69) is 10.6 Å². The number of rotatable bonds is 7. The molecule has 0 spiro atoms. The maximum Gasteiger partial charge on any atom is 0.267 e. The van der Waals surface area contributed by atoms with Gasteiger partial charge in [-0.1, -0.05) is 73.9 Å². The maximum atomic E-state index is 13.5. The minimum Gasteiger partial charge on any atom is -0.476 e. The molecule has 0 aromatic heterocycles. The number of sulfonamides is 1. The number of anilines is 2. The van der Waals surface area contributed by atoms with Crippen LogP contribution < -0.4 is 19.7 Å². The highest BCUT2D eigenvalue weighted by Gasteiger charge is 2.37. The van der Waals surface area contributed by atoms with E-state index in [0.717, 1.165) is 25.7 Å². The van der Waals surface area contributed by atoms with Crippen molar-refractivity contribution in [3.8, 4) is 5.75 Å². The summed E-state index contributed by atoms with van der Waals surface area (Å²) < 4.78 is 34.1. The van der Waals surface area contributed by atoms with E-state index in [4.69, 9.17) is 4.74 Å². The Hall–Kier alpha value is -3.85. The summed E-state index contributed by atoms with van der Waals surface area (Å²) in [5.74, 6) is -0.674. The van der Waals surface area contributed by atoms with Gasteiger partial charge in [-0.05, 0) is 42.7 Å². The van der Waals surface area contributed by atoms with Crippen molar-refractivity contribution in [2.24, 2.45) is 0 Å². The van der Waals surface area contributed by atoms with E-state index in [-0.39, 0.29) is 24.2 Å². The zero-order valence-corrected chi connectivity index (χ0v) is 21.8. The first kappa shape index (κ1) is 25.8. The van der Waals surface area contributed by atoms with Gasteiger partial charge in [-0.2, -0.15) is 0 Å². The van der Waals surface area contributed by atoms with Crippen LogP contribution in [0.4, 0.5) is 11.4 Å². The van der Waals surface area contributed by atoms with Crippen LogP contribution in [-0.2, 0) is 20.6 Å². The first-order valence-corrected chi connectivity index (χ1v) is 14.5. The Bertz CT molecular complexity index is 1400. The fourth-order valence-electron chi connectivity index (χ4n) is 4.98. The van der Waals surface area contributed by atoms with Crippen LogP contribution in [0.5, 0.6) is 5.75 Å². The number of hydrogen-bond acceptors (Lipinski definition) is 5. The van der Waals surface area contributed by atoms with Crippen LogP contribution in [0.15, 0.2) is 78.9 Å². The van der Waals surface area contributed by atoms with E-state index < -0.39 is 22.0 Å². The average Bonchev–Trinajstić information content (AvgIpc) is 2.93. The van der Waals surface area contributed by atoms with Crippen molar-refractivity contribution in [1.29, 1.82) is 0 Å². The van der Waals surface area contributed by atoms with Crippen molar-refractivity contribution in [3.05, 3.63) is 90.0 Å². The molecule has 0 bridgehead atoms. The summed E-state index contributed by atoms with van der Waals surface area (Å²) in [5, 5.41) is 5.89. The highest BCUT2D eigenvalue weighted by atomic mass is 32.2. The monoisotopic (exact) mass is 533 g/mol. The van der Waals surface area contributed by atoms with Gasteiger partial charge in [0.1, 0.15) is 5.75 Å². The first-order valence-electron chi connectivity index (χ1n) is 12.9. The minimum absolute atomic E-state index is 0.126. The number of nitrogens with zero attached hydrogens (tertiary/aromatic N) is 1. The van der Waals surface area contributed by atoms with Gasteiger partial charge in [-0.25, -0.2) is 8.42 Å². The second-order valence-electron chi connectivity index (χ2n) is 9.69. The molecule has 1 saturated carbocycles. The van der Waals surface area contributed by atoms with Gasteiger partial charge in [-0.3, -0.25) is 13.9 Å². The highest BCUT2D eigenvalue weighted by molar-refractivity contribution is 7.92. The molecule has 9 heteroatoms. The number of hydrogen-bond donors (Lipinski definition) is 2. The van der Waals surface area contributed by atoms with Gasteiger partial charge in [0.05, 0.1) is 29.2 Å². The molecular weight excluding hydrogens is 502 g/mol. The van der Waals surface area contributed by atoms with Crippen LogP contribution in [0.25, 0.3) is 0 Å². The molecular formula is C29H31N3O5S. The Morgan fingerprint density at radius 1 is 0.868 bits per heavy atom. The molecule has 2 amide bonds. The molecule has 0 saturated heterocycles. The van der Waals surface area contributed by atoms with Gasteiger partial charge in [0.25, 0.3) is 11.8 Å². The lowest BCUT2D eigenvalue weighted by Gasteiger charge is -2.34. The molecule has 1 atom stereocenters. The summed E-state index contributed by atoms with van der Waals surface area (Å²) in [5.41, 5.74) is 1.75. The van der Waals surface area contributed by atoms with Crippen molar-refractivity contribution in [2.75, 3.05) is 16.2 Å². The Morgan fingerprint density at radius 2 is 1.55 bits per heavy atom. The summed E-state index contributed by atoms with van der Waals surface area (Å²) in [7, 11) is -3.82. The molecule has 5 rings (SSSR count). The lowest BCUT2D eigenvalue weighted by molar-refractivity contribution is -0.122. The molecule has 1 heterocycles. The lowest BCUT2D eigenvalue weighted by atomic mass is 9.95. The quantitative estimate of drug-likeness (QED) is 0.466. The predicted octanol–water partition coefficient (Wildman–Crippen LogP) is 4.49. The molecule has 38 heavy (non-hydrogen) atoms. The predicted molar refractivity (Wildman–Crippen MR) is 147 cm³/mol. The fourth-order valence-corrected chi connectivity index (χ4v) is 6.56. The zero-order chi connectivity index (χ0) is 26.5. The summed E-state index contributed by atoms with van der Waals surface area (Å²) in [4.78, 5) is 26.4. The molecule has 8 nitrogen and oxygen atoms in total. The van der Waals surface area contributed by atoms with Crippen LogP contribution in [-0.4, -0.2) is 38.9 Å². The van der Waals surface area contributed by atoms with E-state index >= 15 is 0 Å².